The van der Waals surface area contributed by atoms with Crippen molar-refractivity contribution in [2.24, 2.45) is 0 Å². The van der Waals surface area contributed by atoms with Crippen LogP contribution in [0.25, 0.3) is 0 Å². The lowest BCUT2D eigenvalue weighted by atomic mass is 9.86. The third-order valence-corrected chi connectivity index (χ3v) is 4.92. The van der Waals surface area contributed by atoms with Gasteiger partial charge in [0, 0.05) is 17.9 Å². The largest absolute Gasteiger partial charge is 0.508 e. The van der Waals surface area contributed by atoms with E-state index in [1.807, 2.05) is 67.6 Å². The van der Waals surface area contributed by atoms with Gasteiger partial charge in [-0.15, -0.1) is 0 Å². The van der Waals surface area contributed by atoms with E-state index in [0.717, 1.165) is 11.1 Å². The predicted molar refractivity (Wildman–Crippen MR) is 111 cm³/mol. The average molecular weight is 389 g/mol. The Morgan fingerprint density at radius 1 is 0.897 bits per heavy atom. The van der Waals surface area contributed by atoms with Crippen molar-refractivity contribution >= 4 is 11.9 Å². The number of rotatable bonds is 7. The number of phenols is 1. The number of phenolic OH excluding ortho intramolecular Hbond substituents is 1. The Hall–Kier alpha value is -3.60. The fourth-order valence-electron chi connectivity index (χ4n) is 3.37. The molecule has 3 aromatic rings. The van der Waals surface area contributed by atoms with Crippen LogP contribution in [-0.2, 0) is 4.79 Å². The van der Waals surface area contributed by atoms with E-state index in [2.05, 4.69) is 5.32 Å². The summed E-state index contributed by atoms with van der Waals surface area (Å²) in [6.07, 6.45) is 0.0812. The van der Waals surface area contributed by atoms with Crippen LogP contribution in [0.5, 0.6) is 5.75 Å². The van der Waals surface area contributed by atoms with Gasteiger partial charge in [-0.3, -0.25) is 4.79 Å². The fraction of sp³-hybridized carbons (Fsp3) is 0.167. The lowest BCUT2D eigenvalue weighted by Crippen LogP contribution is -2.28. The van der Waals surface area contributed by atoms with Crippen LogP contribution in [-0.4, -0.2) is 22.1 Å². The number of amides is 1. The van der Waals surface area contributed by atoms with E-state index in [9.17, 15) is 19.8 Å². The Labute approximate surface area is 169 Å². The zero-order valence-corrected chi connectivity index (χ0v) is 16.1. The van der Waals surface area contributed by atoms with Gasteiger partial charge in [-0.25, -0.2) is 4.79 Å². The highest BCUT2D eigenvalue weighted by Gasteiger charge is 2.23. The van der Waals surface area contributed by atoms with E-state index < -0.39 is 11.9 Å². The monoisotopic (exact) mass is 389 g/mol. The summed E-state index contributed by atoms with van der Waals surface area (Å²) < 4.78 is 0. The van der Waals surface area contributed by atoms with Crippen LogP contribution in [0.3, 0.4) is 0 Å². The van der Waals surface area contributed by atoms with Gasteiger partial charge in [0.15, 0.2) is 0 Å². The minimum atomic E-state index is -1.08. The summed E-state index contributed by atoms with van der Waals surface area (Å²) >= 11 is 0. The lowest BCUT2D eigenvalue weighted by molar-refractivity contribution is -0.121. The number of hydrogen-bond acceptors (Lipinski definition) is 3. The van der Waals surface area contributed by atoms with Gasteiger partial charge in [0.2, 0.25) is 5.91 Å². The van der Waals surface area contributed by atoms with Gasteiger partial charge in [-0.2, -0.15) is 0 Å². The molecule has 2 atom stereocenters. The third kappa shape index (κ3) is 5.02. The number of aromatic carboxylic acids is 1. The molecule has 3 rings (SSSR count). The standard InChI is InChI=1S/C24H23NO4/c1-16(17-8-4-2-5-9-17)25-23(27)15-20(18-10-6-3-7-11-18)21-14-19(24(28)29)12-13-22(21)26/h2-14,16,20,26H,15H2,1H3,(H,25,27)(H,28,29)/t16-,20-/m1/s1. The molecule has 0 saturated heterocycles. The molecule has 0 spiro atoms. The number of nitrogens with one attached hydrogen (secondary N) is 1. The average Bonchev–Trinajstić information content (AvgIpc) is 2.73. The third-order valence-electron chi connectivity index (χ3n) is 4.92. The van der Waals surface area contributed by atoms with Crippen molar-refractivity contribution in [2.75, 3.05) is 0 Å². The highest BCUT2D eigenvalue weighted by atomic mass is 16.4. The number of carbonyl (C=O) groups excluding carboxylic acids is 1. The normalized spacial score (nSPS) is 12.7. The van der Waals surface area contributed by atoms with Crippen molar-refractivity contribution in [1.29, 1.82) is 0 Å². The molecule has 1 amide bonds. The van der Waals surface area contributed by atoms with E-state index >= 15 is 0 Å². The molecule has 0 radical (unpaired) electrons. The zero-order chi connectivity index (χ0) is 20.8. The SMILES string of the molecule is C[C@@H](NC(=O)C[C@H](c1ccccc1)c1cc(C(=O)O)ccc1O)c1ccccc1. The summed E-state index contributed by atoms with van der Waals surface area (Å²) in [7, 11) is 0. The first-order valence-electron chi connectivity index (χ1n) is 9.41. The second-order valence-corrected chi connectivity index (χ2v) is 6.95. The minimum Gasteiger partial charge on any atom is -0.508 e. The molecule has 0 aliphatic carbocycles. The van der Waals surface area contributed by atoms with Gasteiger partial charge in [-0.1, -0.05) is 60.7 Å². The highest BCUT2D eigenvalue weighted by Crippen LogP contribution is 2.35. The predicted octanol–water partition coefficient (Wildman–Crippen LogP) is 4.49. The minimum absolute atomic E-state index is 0.0345. The first-order valence-corrected chi connectivity index (χ1v) is 9.41. The topological polar surface area (TPSA) is 86.6 Å². The Balaban J connectivity index is 1.88. The molecule has 0 saturated carbocycles. The molecule has 0 aliphatic heterocycles. The van der Waals surface area contributed by atoms with Crippen molar-refractivity contribution in [3.63, 3.8) is 0 Å². The molecule has 0 unspecified atom stereocenters. The maximum atomic E-state index is 12.8. The number of carboxylic acids is 1. The maximum Gasteiger partial charge on any atom is 0.335 e. The summed E-state index contributed by atoms with van der Waals surface area (Å²) in [5.74, 6) is -1.78. The van der Waals surface area contributed by atoms with Crippen molar-refractivity contribution in [2.45, 2.75) is 25.3 Å². The Kier molecular flexibility index (Phi) is 6.29. The second-order valence-electron chi connectivity index (χ2n) is 6.95. The van der Waals surface area contributed by atoms with Crippen molar-refractivity contribution in [1.82, 2.24) is 5.32 Å². The molecule has 0 bridgehead atoms. The van der Waals surface area contributed by atoms with Crippen LogP contribution in [0.2, 0.25) is 0 Å². The van der Waals surface area contributed by atoms with Crippen LogP contribution in [0, 0.1) is 0 Å². The van der Waals surface area contributed by atoms with Crippen molar-refractivity contribution in [3.05, 3.63) is 101 Å². The quantitative estimate of drug-likeness (QED) is 0.556. The first-order chi connectivity index (χ1) is 14.0. The number of hydrogen-bond donors (Lipinski definition) is 3. The van der Waals surface area contributed by atoms with Crippen LogP contribution in [0.4, 0.5) is 0 Å². The number of benzene rings is 3. The molecule has 0 aliphatic rings. The van der Waals surface area contributed by atoms with Gasteiger partial charge >= 0.3 is 5.97 Å². The van der Waals surface area contributed by atoms with Crippen LogP contribution in [0.1, 0.15) is 52.4 Å². The fourth-order valence-corrected chi connectivity index (χ4v) is 3.37. The molecule has 3 N–H and O–H groups in total. The Bertz CT molecular complexity index is 986. The molecule has 148 valence electrons. The van der Waals surface area contributed by atoms with Crippen molar-refractivity contribution in [3.8, 4) is 5.75 Å². The molecular weight excluding hydrogens is 366 g/mol. The lowest BCUT2D eigenvalue weighted by Gasteiger charge is -2.21. The van der Waals surface area contributed by atoms with Gasteiger partial charge in [0.05, 0.1) is 11.6 Å². The summed E-state index contributed by atoms with van der Waals surface area (Å²) in [6, 6.07) is 22.9. The van der Waals surface area contributed by atoms with Gasteiger partial charge in [0.25, 0.3) is 0 Å². The van der Waals surface area contributed by atoms with E-state index in [4.69, 9.17) is 0 Å². The van der Waals surface area contributed by atoms with Crippen LogP contribution < -0.4 is 5.32 Å². The summed E-state index contributed by atoms with van der Waals surface area (Å²) in [4.78, 5) is 24.2. The smallest absolute Gasteiger partial charge is 0.335 e. The van der Waals surface area contributed by atoms with E-state index in [-0.39, 0.29) is 29.7 Å². The molecule has 29 heavy (non-hydrogen) atoms. The number of aromatic hydroxyl groups is 1. The van der Waals surface area contributed by atoms with Crippen molar-refractivity contribution < 1.29 is 19.8 Å². The first kappa shape index (κ1) is 20.1. The van der Waals surface area contributed by atoms with Gasteiger partial charge in [-0.05, 0) is 36.2 Å². The summed E-state index contributed by atoms with van der Waals surface area (Å²) in [6.45, 7) is 1.91. The Morgan fingerprint density at radius 3 is 2.07 bits per heavy atom. The molecule has 0 heterocycles. The Morgan fingerprint density at radius 2 is 1.48 bits per heavy atom. The van der Waals surface area contributed by atoms with Crippen LogP contribution in [0.15, 0.2) is 78.9 Å². The summed E-state index contributed by atoms with van der Waals surface area (Å²) in [5, 5.41) is 22.7. The van der Waals surface area contributed by atoms with Crippen LogP contribution >= 0.6 is 0 Å². The van der Waals surface area contributed by atoms with E-state index in [0.29, 0.717) is 5.56 Å². The number of carbonyl (C=O) groups is 2. The molecule has 3 aromatic carbocycles. The van der Waals surface area contributed by atoms with Gasteiger partial charge < -0.3 is 15.5 Å². The maximum absolute atomic E-state index is 12.8. The second kappa shape index (κ2) is 9.06. The molecule has 0 aromatic heterocycles. The molecular formula is C24H23NO4. The summed E-state index contributed by atoms with van der Waals surface area (Å²) in [5.41, 5.74) is 2.30. The van der Waals surface area contributed by atoms with Gasteiger partial charge in [0.1, 0.15) is 5.75 Å². The van der Waals surface area contributed by atoms with E-state index in [1.54, 1.807) is 0 Å². The number of carboxylic acid groups (broad SMARTS) is 1. The van der Waals surface area contributed by atoms with E-state index in [1.165, 1.54) is 18.2 Å². The zero-order valence-electron chi connectivity index (χ0n) is 16.1. The molecule has 5 heteroatoms. The molecule has 5 nitrogen and oxygen atoms in total. The highest BCUT2D eigenvalue weighted by molar-refractivity contribution is 5.88. The molecule has 0 fully saturated rings.